The molecule has 10 amide bonds. The van der Waals surface area contributed by atoms with Gasteiger partial charge in [0.15, 0.2) is 10.5 Å². The number of hydrogen-bond acceptors (Lipinski definition) is 19. The van der Waals surface area contributed by atoms with Gasteiger partial charge in [0, 0.05) is 134 Å². The molecule has 3 aliphatic carbocycles. The Morgan fingerprint density at radius 3 is 1.94 bits per heavy atom. The minimum atomic E-state index is -1.26. The van der Waals surface area contributed by atoms with Gasteiger partial charge in [-0.25, -0.2) is 4.79 Å². The van der Waals surface area contributed by atoms with Crippen molar-refractivity contribution >= 4 is 117 Å². The number of nitrogens with zero attached hydrogens (tertiary/aromatic N) is 4. The minimum Gasteiger partial charge on any atom is -0.508 e. The van der Waals surface area contributed by atoms with Crippen molar-refractivity contribution in [2.75, 3.05) is 83.1 Å². The standard InChI is InChI=1S/C90H120N14O17S2/c1-57(2)42-66-50-103(55-80(110)100-74(87(93)117)19-10-12-40-94-90(122)99-63-28-32-70(73(45-63)89(119)120)86-71-33-30-68(105)46-75(71)121-76-47-69(106)31-34-72(76)86)83(113)37-41-123-56-61-23-26-62(27-24-61)88(118)98-64(18-9-11-38-91)48-104(84(114)44-60-21-22-60)54-79(109)97-67(43-59-16-7-4-8-17-59)51-102(82(112)35-25-58-14-5-3-6-15-58)52-77(107)95-65(29-36-85(115)116)49-101(53-78(108)96-66)81(111)20-13-39-92/h4,7-8,16-17,23-24,26-28,30-34,45-47,57-58,60,64-67,74,105H,3,5-6,9-15,18-22,25,29,35-44,48-56,91-92H2,1-2H3,(H2,93,117)(H,95,107)(H,96,108)(H,97,109)(H,98,118)(H,100,110)(H,115,116)(H,119,120)(H2,94,99,122)/t64-,65-,66-,67-,74-/m0/s1. The van der Waals surface area contributed by atoms with Gasteiger partial charge in [0.1, 0.15) is 23.1 Å². The lowest BCUT2D eigenvalue weighted by molar-refractivity contribution is -0.139. The third kappa shape index (κ3) is 32.0. The van der Waals surface area contributed by atoms with Crippen LogP contribution >= 0.6 is 24.0 Å². The van der Waals surface area contributed by atoms with Gasteiger partial charge >= 0.3 is 11.9 Å². The van der Waals surface area contributed by atoms with Crippen LogP contribution in [0.3, 0.4) is 0 Å². The Morgan fingerprint density at radius 1 is 0.634 bits per heavy atom. The first-order valence-corrected chi connectivity index (χ1v) is 44.5. The predicted molar refractivity (Wildman–Crippen MR) is 474 cm³/mol. The molecule has 5 atom stereocenters. The number of carboxylic acid groups (broad SMARTS) is 2. The number of aromatic carboxylic acids is 1. The number of aliphatic carboxylic acids is 1. The molecule has 4 aromatic carbocycles. The molecular formula is C90H120N14O17S2. The highest BCUT2D eigenvalue weighted by atomic mass is 32.2. The van der Waals surface area contributed by atoms with E-state index in [4.69, 9.17) is 33.8 Å². The van der Waals surface area contributed by atoms with Crippen LogP contribution in [0.25, 0.3) is 33.4 Å². The molecule has 2 bridgehead atoms. The van der Waals surface area contributed by atoms with Gasteiger partial charge in [0.25, 0.3) is 5.91 Å². The summed E-state index contributed by atoms with van der Waals surface area (Å²) in [5, 5.41) is 52.5. The van der Waals surface area contributed by atoms with Crippen molar-refractivity contribution in [1.82, 2.24) is 51.5 Å². The van der Waals surface area contributed by atoms with Gasteiger partial charge in [0.05, 0.1) is 37.8 Å². The number of amides is 10. The molecule has 33 heteroatoms. The number of carbonyl (C=O) groups is 12. The highest BCUT2D eigenvalue weighted by Gasteiger charge is 2.35. The van der Waals surface area contributed by atoms with Crippen molar-refractivity contribution in [3.05, 3.63) is 142 Å². The Morgan fingerprint density at radius 2 is 1.28 bits per heavy atom. The van der Waals surface area contributed by atoms with Crippen molar-refractivity contribution < 1.29 is 77.3 Å². The fourth-order valence-corrected chi connectivity index (χ4v) is 16.9. The molecule has 2 fully saturated rings. The number of hydrogen-bond donors (Lipinski definition) is 13. The molecule has 0 spiro atoms. The second-order valence-electron chi connectivity index (χ2n) is 33.0. The number of aromatic hydroxyl groups is 1. The van der Waals surface area contributed by atoms with Crippen molar-refractivity contribution in [1.29, 1.82) is 0 Å². The van der Waals surface area contributed by atoms with Gasteiger partial charge in [-0.3, -0.25) is 57.5 Å². The van der Waals surface area contributed by atoms with E-state index in [9.17, 15) is 77.6 Å². The Bertz CT molecular complexity index is 4660. The number of thiocarbonyl (C=S) groups is 1. The van der Waals surface area contributed by atoms with Crippen LogP contribution < -0.4 is 59.8 Å². The van der Waals surface area contributed by atoms with Crippen LogP contribution in [0.5, 0.6) is 5.75 Å². The fraction of sp³-hybridized carbons (Fsp3) is 0.511. The van der Waals surface area contributed by atoms with Crippen molar-refractivity contribution in [2.24, 2.45) is 35.0 Å². The fourth-order valence-electron chi connectivity index (χ4n) is 15.8. The summed E-state index contributed by atoms with van der Waals surface area (Å²) in [7, 11) is 0. The van der Waals surface area contributed by atoms with Crippen LogP contribution in [-0.2, 0) is 60.1 Å². The van der Waals surface area contributed by atoms with E-state index in [1.54, 1.807) is 48.5 Å². The first-order chi connectivity index (χ1) is 59.1. The van der Waals surface area contributed by atoms with Gasteiger partial charge in [-0.1, -0.05) is 101 Å². The Balaban J connectivity index is 0.944. The number of carbonyl (C=O) groups excluding carboxylic acids is 10. The number of rotatable bonds is 31. The highest BCUT2D eigenvalue weighted by molar-refractivity contribution is 7.98. The zero-order valence-corrected chi connectivity index (χ0v) is 72.0. The number of unbranched alkanes of at least 4 members (excludes halogenated alkanes) is 2. The third-order valence-corrected chi connectivity index (χ3v) is 23.5. The van der Waals surface area contributed by atoms with E-state index in [-0.39, 0.29) is 166 Å². The van der Waals surface area contributed by atoms with Crippen LogP contribution in [0.4, 0.5) is 5.69 Å². The first kappa shape index (κ1) is 95.8. The van der Waals surface area contributed by atoms with Crippen LogP contribution in [0.1, 0.15) is 187 Å². The Hall–Kier alpha value is -11.0. The zero-order valence-electron chi connectivity index (χ0n) is 70.4. The number of nitrogens with one attached hydrogen (secondary N) is 7. The summed E-state index contributed by atoms with van der Waals surface area (Å²) in [6.07, 6.45) is 9.74. The summed E-state index contributed by atoms with van der Waals surface area (Å²) in [4.78, 5) is 188. The van der Waals surface area contributed by atoms with E-state index in [2.05, 4.69) is 37.2 Å². The molecule has 0 unspecified atom stereocenters. The number of thioether (sulfide) groups is 1. The molecule has 16 N–H and O–H groups in total. The summed E-state index contributed by atoms with van der Waals surface area (Å²) < 4.78 is 5.97. The topological polar surface area (TPSA) is 471 Å². The third-order valence-electron chi connectivity index (χ3n) is 22.3. The minimum absolute atomic E-state index is 0.0112. The number of phenolic OH excluding ortho intramolecular Hbond substituents is 1. The van der Waals surface area contributed by atoms with Crippen LogP contribution in [-0.4, -0.2) is 219 Å². The largest absolute Gasteiger partial charge is 0.508 e. The number of carboxylic acids is 2. The molecular weight excluding hydrogens is 1610 g/mol. The van der Waals surface area contributed by atoms with E-state index in [0.29, 0.717) is 84.1 Å². The summed E-state index contributed by atoms with van der Waals surface area (Å²) >= 11 is 7.02. The molecule has 0 saturated heterocycles. The number of fused-ring (bicyclic) bond motifs is 31. The van der Waals surface area contributed by atoms with Gasteiger partial charge in [0.2, 0.25) is 53.2 Å². The summed E-state index contributed by atoms with van der Waals surface area (Å²) in [6.45, 7) is 1.62. The first-order valence-electron chi connectivity index (χ1n) is 42.9. The van der Waals surface area contributed by atoms with Crippen molar-refractivity contribution in [3.8, 4) is 28.2 Å². The lowest BCUT2D eigenvalue weighted by Crippen LogP contribution is -2.55. The molecule has 2 saturated carbocycles. The van der Waals surface area contributed by atoms with E-state index in [0.717, 1.165) is 56.1 Å². The van der Waals surface area contributed by atoms with Crippen LogP contribution in [0.2, 0.25) is 0 Å². The Labute approximate surface area is 727 Å². The van der Waals surface area contributed by atoms with Gasteiger partial charge in [-0.2, -0.15) is 11.8 Å². The van der Waals surface area contributed by atoms with E-state index >= 15 is 0 Å². The molecule has 123 heavy (non-hydrogen) atoms. The van der Waals surface area contributed by atoms with Crippen LogP contribution in [0.15, 0.2) is 118 Å². The smallest absolute Gasteiger partial charge is 0.336 e. The maximum atomic E-state index is 14.9. The van der Waals surface area contributed by atoms with Gasteiger partial charge < -0.3 is 93.8 Å². The molecule has 4 aromatic rings. The average Bonchev–Trinajstić information content (AvgIpc) is 1.27. The molecule has 6 aliphatic rings. The molecule has 3 heterocycles. The van der Waals surface area contributed by atoms with Crippen molar-refractivity contribution in [2.45, 2.75) is 197 Å². The summed E-state index contributed by atoms with van der Waals surface area (Å²) in [5.41, 5.74) is 21.1. The second kappa shape index (κ2) is 48.7. The molecule has 3 aliphatic heterocycles. The Kier molecular flexibility index (Phi) is 37.9. The highest BCUT2D eigenvalue weighted by Crippen LogP contribution is 2.43. The lowest BCUT2D eigenvalue weighted by atomic mass is 9.86. The summed E-state index contributed by atoms with van der Waals surface area (Å²) in [5.74, 6) is -7.07. The molecule has 664 valence electrons. The quantitative estimate of drug-likeness (QED) is 0.00854. The number of anilines is 1. The predicted octanol–water partition coefficient (Wildman–Crippen LogP) is 7.78. The van der Waals surface area contributed by atoms with E-state index < -0.39 is 122 Å². The molecule has 31 nitrogen and oxygen atoms in total. The molecule has 10 rings (SSSR count). The van der Waals surface area contributed by atoms with Gasteiger partial charge in [-0.05, 0) is 185 Å². The van der Waals surface area contributed by atoms with Crippen molar-refractivity contribution in [3.63, 3.8) is 0 Å². The molecule has 0 aromatic heterocycles. The normalized spacial score (nSPS) is 18.5. The number of phenols is 1. The number of primary amides is 1. The second-order valence-corrected chi connectivity index (χ2v) is 34.5. The lowest BCUT2D eigenvalue weighted by Gasteiger charge is -2.32. The zero-order chi connectivity index (χ0) is 88.5. The monoisotopic (exact) mass is 1730 g/mol. The summed E-state index contributed by atoms with van der Waals surface area (Å²) in [6, 6.07) is 24.8. The SMILES string of the molecule is CC(C)C[C@H]1CN(CC(=O)N[C@@H](CCCCNC(=S)Nc2ccc(-c3c4ccc(=O)cc-4oc4cc(O)ccc34)c(C(=O)O)c2)C(N)=O)C(=O)CCSCc2ccc(cc2)C(=O)N[C@@H](CCCCN)CN(C(=O)CC2CC2)CC(=O)N[C@@H](Cc2ccccc2)CN(C(=O)CCC2CCCCC2)CC(=O)N[C@@H](CCC(=O)O)CN(C(=O)CCCN)CC(=O)N1. The molecule has 0 radical (unpaired) electrons. The van der Waals surface area contributed by atoms with Gasteiger partial charge in [-0.15, -0.1) is 0 Å². The maximum Gasteiger partial charge on any atom is 0.336 e. The maximum absolute atomic E-state index is 14.9. The van der Waals surface area contributed by atoms with Crippen LogP contribution in [0, 0.1) is 17.8 Å². The van der Waals surface area contributed by atoms with E-state index in [1.165, 1.54) is 61.7 Å². The van der Waals surface area contributed by atoms with E-state index in [1.807, 2.05) is 44.2 Å². The average molecular weight is 1730 g/mol. The number of benzene rings is 5. The number of nitrogens with two attached hydrogens (primary N) is 3.